The molecule has 0 spiro atoms. The molecule has 0 bridgehead atoms. The highest BCUT2D eigenvalue weighted by Gasteiger charge is 2.06. The Labute approximate surface area is 162 Å². The molecule has 0 aliphatic carbocycles. The van der Waals surface area contributed by atoms with Crippen molar-refractivity contribution in [1.29, 1.82) is 0 Å². The standard InChI is InChI=1S/C21H31N5O/c1-6-22-21(24-14-17-10-11-23-20(13-17)26(4)5)25-15-18-9-8-16(3)12-19(18)27-7-2/h8-13H,6-7,14-15H2,1-5H3,(H2,22,24,25). The van der Waals surface area contributed by atoms with Crippen LogP contribution < -0.4 is 20.3 Å². The Bertz CT molecular complexity index is 758. The highest BCUT2D eigenvalue weighted by atomic mass is 16.5. The molecule has 27 heavy (non-hydrogen) atoms. The summed E-state index contributed by atoms with van der Waals surface area (Å²) >= 11 is 0. The van der Waals surface area contributed by atoms with Crippen LogP contribution in [0.3, 0.4) is 0 Å². The molecular weight excluding hydrogens is 338 g/mol. The van der Waals surface area contributed by atoms with Gasteiger partial charge in [-0.3, -0.25) is 0 Å². The number of hydrogen-bond donors (Lipinski definition) is 2. The van der Waals surface area contributed by atoms with E-state index in [0.29, 0.717) is 19.7 Å². The van der Waals surface area contributed by atoms with E-state index in [4.69, 9.17) is 9.73 Å². The molecule has 1 aromatic heterocycles. The predicted octanol–water partition coefficient (Wildman–Crippen LogP) is 3.11. The molecule has 0 atom stereocenters. The van der Waals surface area contributed by atoms with Gasteiger partial charge in [-0.2, -0.15) is 0 Å². The minimum Gasteiger partial charge on any atom is -0.494 e. The summed E-state index contributed by atoms with van der Waals surface area (Å²) in [5, 5.41) is 6.69. The molecule has 0 aliphatic heterocycles. The molecule has 1 heterocycles. The number of hydrogen-bond acceptors (Lipinski definition) is 4. The van der Waals surface area contributed by atoms with E-state index in [2.05, 4.69) is 53.7 Å². The van der Waals surface area contributed by atoms with E-state index < -0.39 is 0 Å². The average Bonchev–Trinajstić information content (AvgIpc) is 2.65. The molecule has 0 fully saturated rings. The zero-order valence-electron chi connectivity index (χ0n) is 17.0. The van der Waals surface area contributed by atoms with Crippen molar-refractivity contribution in [2.24, 2.45) is 4.99 Å². The molecule has 0 amide bonds. The average molecular weight is 370 g/mol. The van der Waals surface area contributed by atoms with Crippen molar-refractivity contribution >= 4 is 11.8 Å². The van der Waals surface area contributed by atoms with E-state index in [1.54, 1.807) is 0 Å². The van der Waals surface area contributed by atoms with E-state index in [1.807, 2.05) is 38.2 Å². The quantitative estimate of drug-likeness (QED) is 0.553. The molecule has 0 saturated heterocycles. The molecule has 6 nitrogen and oxygen atoms in total. The lowest BCUT2D eigenvalue weighted by atomic mass is 10.1. The molecule has 0 saturated carbocycles. The summed E-state index contributed by atoms with van der Waals surface area (Å²) in [6.07, 6.45) is 1.82. The van der Waals surface area contributed by atoms with Crippen LogP contribution >= 0.6 is 0 Å². The lowest BCUT2D eigenvalue weighted by Gasteiger charge is -2.15. The minimum atomic E-state index is 0.588. The Morgan fingerprint density at radius 3 is 2.67 bits per heavy atom. The fourth-order valence-electron chi connectivity index (χ4n) is 2.59. The highest BCUT2D eigenvalue weighted by molar-refractivity contribution is 5.79. The van der Waals surface area contributed by atoms with Crippen LogP contribution in [0.1, 0.15) is 30.5 Å². The van der Waals surface area contributed by atoms with Gasteiger partial charge in [0.05, 0.1) is 13.2 Å². The van der Waals surface area contributed by atoms with Gasteiger partial charge in [0.2, 0.25) is 0 Å². The Morgan fingerprint density at radius 1 is 1.15 bits per heavy atom. The number of anilines is 1. The first kappa shape index (κ1) is 20.6. The van der Waals surface area contributed by atoms with Crippen molar-refractivity contribution in [3.63, 3.8) is 0 Å². The number of benzene rings is 1. The van der Waals surface area contributed by atoms with E-state index in [9.17, 15) is 0 Å². The summed E-state index contributed by atoms with van der Waals surface area (Å²) in [4.78, 5) is 11.0. The molecule has 2 N–H and O–H groups in total. The van der Waals surface area contributed by atoms with Gasteiger partial charge in [0, 0.05) is 38.9 Å². The fraction of sp³-hybridized carbons (Fsp3) is 0.429. The Morgan fingerprint density at radius 2 is 1.96 bits per heavy atom. The van der Waals surface area contributed by atoms with Crippen molar-refractivity contribution in [3.8, 4) is 5.75 Å². The summed E-state index contributed by atoms with van der Waals surface area (Å²) in [5.41, 5.74) is 3.43. The zero-order chi connectivity index (χ0) is 19.6. The summed E-state index contributed by atoms with van der Waals surface area (Å²) < 4.78 is 5.76. The number of aliphatic imine (C=N–C) groups is 1. The first-order chi connectivity index (χ1) is 13.0. The summed E-state index contributed by atoms with van der Waals surface area (Å²) in [6.45, 7) is 8.83. The second kappa shape index (κ2) is 10.4. The minimum absolute atomic E-state index is 0.588. The number of guanidine groups is 1. The molecule has 2 rings (SSSR count). The lowest BCUT2D eigenvalue weighted by molar-refractivity contribution is 0.336. The van der Waals surface area contributed by atoms with Crippen molar-refractivity contribution in [1.82, 2.24) is 15.6 Å². The van der Waals surface area contributed by atoms with Crippen LogP contribution in [0, 0.1) is 6.92 Å². The highest BCUT2D eigenvalue weighted by Crippen LogP contribution is 2.20. The van der Waals surface area contributed by atoms with Crippen LogP contribution in [0.25, 0.3) is 0 Å². The van der Waals surface area contributed by atoms with Gasteiger partial charge in [-0.05, 0) is 50.1 Å². The Balaban J connectivity index is 2.07. The van der Waals surface area contributed by atoms with Crippen molar-refractivity contribution in [2.75, 3.05) is 32.1 Å². The maximum atomic E-state index is 5.76. The number of aryl methyl sites for hydroxylation is 1. The first-order valence-electron chi connectivity index (χ1n) is 9.40. The molecule has 6 heteroatoms. The second-order valence-corrected chi connectivity index (χ2v) is 6.51. The zero-order valence-corrected chi connectivity index (χ0v) is 17.0. The summed E-state index contributed by atoms with van der Waals surface area (Å²) in [5.74, 6) is 2.64. The van der Waals surface area contributed by atoms with E-state index >= 15 is 0 Å². The number of ether oxygens (including phenoxy) is 1. The summed E-state index contributed by atoms with van der Waals surface area (Å²) in [6, 6.07) is 10.3. The molecule has 0 radical (unpaired) electrons. The van der Waals surface area contributed by atoms with Gasteiger partial charge in [0.25, 0.3) is 0 Å². The second-order valence-electron chi connectivity index (χ2n) is 6.51. The van der Waals surface area contributed by atoms with Gasteiger partial charge in [0.15, 0.2) is 5.96 Å². The van der Waals surface area contributed by atoms with Gasteiger partial charge in [0.1, 0.15) is 11.6 Å². The summed E-state index contributed by atoms with van der Waals surface area (Å²) in [7, 11) is 3.97. The van der Waals surface area contributed by atoms with Gasteiger partial charge in [-0.1, -0.05) is 12.1 Å². The van der Waals surface area contributed by atoms with Gasteiger partial charge in [-0.15, -0.1) is 0 Å². The normalized spacial score (nSPS) is 11.2. The van der Waals surface area contributed by atoms with Gasteiger partial charge < -0.3 is 20.3 Å². The van der Waals surface area contributed by atoms with Crippen LogP contribution in [-0.4, -0.2) is 38.2 Å². The SMILES string of the molecule is CCNC(=NCc1ccnc(N(C)C)c1)NCc1ccc(C)cc1OCC. The largest absolute Gasteiger partial charge is 0.494 e. The van der Waals surface area contributed by atoms with E-state index in [1.165, 1.54) is 5.56 Å². The predicted molar refractivity (Wildman–Crippen MR) is 113 cm³/mol. The van der Waals surface area contributed by atoms with Crippen molar-refractivity contribution in [3.05, 3.63) is 53.2 Å². The number of rotatable bonds is 8. The number of nitrogens with zero attached hydrogens (tertiary/aromatic N) is 3. The number of aromatic nitrogens is 1. The van der Waals surface area contributed by atoms with Crippen LogP contribution in [0.4, 0.5) is 5.82 Å². The first-order valence-corrected chi connectivity index (χ1v) is 9.40. The van der Waals surface area contributed by atoms with E-state index in [0.717, 1.165) is 35.2 Å². The van der Waals surface area contributed by atoms with Crippen LogP contribution in [-0.2, 0) is 13.1 Å². The van der Waals surface area contributed by atoms with Crippen molar-refractivity contribution < 1.29 is 4.74 Å². The van der Waals surface area contributed by atoms with Crippen LogP contribution in [0.15, 0.2) is 41.5 Å². The Kier molecular flexibility index (Phi) is 7.92. The third-order valence-corrected chi connectivity index (χ3v) is 4.00. The molecular formula is C21H31N5O. The maximum Gasteiger partial charge on any atom is 0.191 e. The molecule has 0 aliphatic rings. The van der Waals surface area contributed by atoms with E-state index in [-0.39, 0.29) is 0 Å². The van der Waals surface area contributed by atoms with Gasteiger partial charge >= 0.3 is 0 Å². The molecule has 2 aromatic rings. The Hall–Kier alpha value is -2.76. The third kappa shape index (κ3) is 6.47. The number of pyridine rings is 1. The monoisotopic (exact) mass is 369 g/mol. The van der Waals surface area contributed by atoms with Crippen LogP contribution in [0.5, 0.6) is 5.75 Å². The molecule has 0 unspecified atom stereocenters. The third-order valence-electron chi connectivity index (χ3n) is 4.00. The van der Waals surface area contributed by atoms with Crippen LogP contribution in [0.2, 0.25) is 0 Å². The topological polar surface area (TPSA) is 61.8 Å². The molecule has 1 aromatic carbocycles. The molecule has 146 valence electrons. The number of nitrogens with one attached hydrogen (secondary N) is 2. The smallest absolute Gasteiger partial charge is 0.191 e. The van der Waals surface area contributed by atoms with Gasteiger partial charge in [-0.25, -0.2) is 9.98 Å². The van der Waals surface area contributed by atoms with Crippen molar-refractivity contribution in [2.45, 2.75) is 33.9 Å². The fourth-order valence-corrected chi connectivity index (χ4v) is 2.59. The maximum absolute atomic E-state index is 5.76. The lowest BCUT2D eigenvalue weighted by Crippen LogP contribution is -2.36.